The molecule has 0 atom stereocenters. The van der Waals surface area contributed by atoms with E-state index in [4.69, 9.17) is 5.14 Å². The van der Waals surface area contributed by atoms with Crippen LogP contribution in [0.15, 0.2) is 65.8 Å². The number of nitrogens with zero attached hydrogens (tertiary/aromatic N) is 1. The van der Waals surface area contributed by atoms with Crippen molar-refractivity contribution in [3.63, 3.8) is 0 Å². The third-order valence-corrected chi connectivity index (χ3v) is 2.42. The van der Waals surface area contributed by atoms with Gasteiger partial charge in [0.1, 0.15) is 0 Å². The Balaban J connectivity index is 0.000000181. The summed E-state index contributed by atoms with van der Waals surface area (Å²) in [6.07, 6.45) is 1.37. The molecule has 0 aliphatic rings. The van der Waals surface area contributed by atoms with Crippen LogP contribution in [0.3, 0.4) is 0 Å². The highest BCUT2D eigenvalue weighted by atomic mass is 32.2. The van der Waals surface area contributed by atoms with Crippen LogP contribution in [0.1, 0.15) is 0 Å². The molecule has 0 aliphatic heterocycles. The van der Waals surface area contributed by atoms with Crippen molar-refractivity contribution < 1.29 is 8.42 Å². The molecule has 0 fully saturated rings. The minimum Gasteiger partial charge on any atom is -0.243 e. The van der Waals surface area contributed by atoms with Crippen LogP contribution in [0.4, 0.5) is 0 Å². The lowest BCUT2D eigenvalue weighted by atomic mass is 10.4. The van der Waals surface area contributed by atoms with Crippen molar-refractivity contribution in [1.29, 1.82) is 0 Å². The van der Waals surface area contributed by atoms with Gasteiger partial charge in [0.15, 0.2) is 5.03 Å². The quantitative estimate of drug-likeness (QED) is 0.813. The van der Waals surface area contributed by atoms with Crippen LogP contribution in [0.25, 0.3) is 0 Å². The molecule has 0 radical (unpaired) electrons. The zero-order valence-electron chi connectivity index (χ0n) is 8.52. The number of sulfonamides is 1. The average Bonchev–Trinajstić information content (AvgIpc) is 2.32. The van der Waals surface area contributed by atoms with E-state index in [0.717, 1.165) is 0 Å². The van der Waals surface area contributed by atoms with Crippen LogP contribution in [0, 0.1) is 0 Å². The van der Waals surface area contributed by atoms with E-state index in [0.29, 0.717) is 0 Å². The number of nitrogens with two attached hydrogens (primary N) is 1. The summed E-state index contributed by atoms with van der Waals surface area (Å²) in [5.74, 6) is 0. The third kappa shape index (κ3) is 4.68. The molecule has 2 rings (SSSR count). The van der Waals surface area contributed by atoms with E-state index in [1.54, 1.807) is 12.1 Å². The standard InChI is InChI=1S/C6H6.C5H6N2O2S/c1-2-4-6-5-3-1;6-10(8,9)5-3-1-2-4-7-5/h1-6H;1-4H,(H2,6,8,9). The lowest BCUT2D eigenvalue weighted by Gasteiger charge is -1.92. The molecular weight excluding hydrogens is 224 g/mol. The van der Waals surface area contributed by atoms with Gasteiger partial charge in [-0.1, -0.05) is 42.5 Å². The Morgan fingerprint density at radius 3 is 1.62 bits per heavy atom. The number of rotatable bonds is 1. The smallest absolute Gasteiger partial charge is 0.243 e. The summed E-state index contributed by atoms with van der Waals surface area (Å²) in [7, 11) is -3.61. The maximum absolute atomic E-state index is 10.5. The van der Waals surface area contributed by atoms with E-state index in [1.165, 1.54) is 12.3 Å². The van der Waals surface area contributed by atoms with Gasteiger partial charge in [-0.25, -0.2) is 18.5 Å². The topological polar surface area (TPSA) is 73.1 Å². The molecule has 1 aromatic carbocycles. The van der Waals surface area contributed by atoms with Gasteiger partial charge in [0.2, 0.25) is 0 Å². The first-order valence-corrected chi connectivity index (χ1v) is 6.09. The molecule has 84 valence electrons. The molecule has 0 aliphatic carbocycles. The molecule has 2 N–H and O–H groups in total. The predicted molar refractivity (Wildman–Crippen MR) is 62.1 cm³/mol. The molecular formula is C11H12N2O2S. The van der Waals surface area contributed by atoms with E-state index in [2.05, 4.69) is 4.98 Å². The van der Waals surface area contributed by atoms with E-state index < -0.39 is 10.0 Å². The van der Waals surface area contributed by atoms with Crippen LogP contribution in [0.2, 0.25) is 0 Å². The monoisotopic (exact) mass is 236 g/mol. The first-order valence-electron chi connectivity index (χ1n) is 4.54. The fraction of sp³-hybridized carbons (Fsp3) is 0. The van der Waals surface area contributed by atoms with Gasteiger partial charge >= 0.3 is 0 Å². The molecule has 5 heteroatoms. The normalized spacial score (nSPS) is 10.1. The SMILES string of the molecule is NS(=O)(=O)c1ccccn1.c1ccccc1. The van der Waals surface area contributed by atoms with Gasteiger partial charge in [0, 0.05) is 6.20 Å². The third-order valence-electron chi connectivity index (χ3n) is 1.60. The molecule has 0 unspecified atom stereocenters. The highest BCUT2D eigenvalue weighted by Gasteiger charge is 2.05. The van der Waals surface area contributed by atoms with Gasteiger partial charge in [-0.3, -0.25) is 0 Å². The van der Waals surface area contributed by atoms with E-state index in [1.807, 2.05) is 36.4 Å². The number of pyridine rings is 1. The zero-order chi connectivity index (χ0) is 11.9. The number of hydrogen-bond donors (Lipinski definition) is 1. The molecule has 2 aromatic rings. The van der Waals surface area contributed by atoms with Crippen LogP contribution < -0.4 is 5.14 Å². The molecule has 1 aromatic heterocycles. The molecule has 0 amide bonds. The lowest BCUT2D eigenvalue weighted by molar-refractivity contribution is 0.594. The highest BCUT2D eigenvalue weighted by molar-refractivity contribution is 7.89. The van der Waals surface area contributed by atoms with Crippen LogP contribution in [0.5, 0.6) is 0 Å². The molecule has 16 heavy (non-hydrogen) atoms. The maximum atomic E-state index is 10.5. The highest BCUT2D eigenvalue weighted by Crippen LogP contribution is 1.98. The molecule has 0 spiro atoms. The second-order valence-corrected chi connectivity index (χ2v) is 4.38. The molecule has 4 nitrogen and oxygen atoms in total. The summed E-state index contributed by atoms with van der Waals surface area (Å²) in [6.45, 7) is 0. The summed E-state index contributed by atoms with van der Waals surface area (Å²) < 4.78 is 21.1. The van der Waals surface area contributed by atoms with Gasteiger partial charge in [0.05, 0.1) is 0 Å². The first-order chi connectivity index (χ1) is 7.61. The Bertz CT molecular complexity index is 471. The Morgan fingerprint density at radius 1 is 0.875 bits per heavy atom. The summed E-state index contributed by atoms with van der Waals surface area (Å²) in [6, 6.07) is 16.5. The Morgan fingerprint density at radius 2 is 1.38 bits per heavy atom. The number of aromatic nitrogens is 1. The lowest BCUT2D eigenvalue weighted by Crippen LogP contribution is -2.13. The van der Waals surface area contributed by atoms with Crippen molar-refractivity contribution in [3.8, 4) is 0 Å². The van der Waals surface area contributed by atoms with Crippen molar-refractivity contribution >= 4 is 10.0 Å². The van der Waals surface area contributed by atoms with Gasteiger partial charge in [-0.2, -0.15) is 0 Å². The number of primary sulfonamides is 1. The van der Waals surface area contributed by atoms with Crippen molar-refractivity contribution in [2.24, 2.45) is 5.14 Å². The van der Waals surface area contributed by atoms with Gasteiger partial charge in [0.25, 0.3) is 10.0 Å². The molecule has 1 heterocycles. The molecule has 0 bridgehead atoms. The predicted octanol–water partition coefficient (Wildman–Crippen LogP) is 1.42. The Kier molecular flexibility index (Phi) is 4.63. The maximum Gasteiger partial charge on any atom is 0.255 e. The van der Waals surface area contributed by atoms with Crippen molar-refractivity contribution in [1.82, 2.24) is 4.98 Å². The summed E-state index contributed by atoms with van der Waals surface area (Å²) in [5, 5.41) is 4.66. The van der Waals surface area contributed by atoms with Gasteiger partial charge < -0.3 is 0 Å². The van der Waals surface area contributed by atoms with Crippen LogP contribution in [-0.4, -0.2) is 13.4 Å². The minimum absolute atomic E-state index is 0.102. The zero-order valence-corrected chi connectivity index (χ0v) is 9.34. The second kappa shape index (κ2) is 5.99. The van der Waals surface area contributed by atoms with Crippen molar-refractivity contribution in [2.45, 2.75) is 5.03 Å². The summed E-state index contributed by atoms with van der Waals surface area (Å²) >= 11 is 0. The average molecular weight is 236 g/mol. The Labute approximate surface area is 94.8 Å². The molecule has 0 saturated heterocycles. The second-order valence-electron chi connectivity index (χ2n) is 2.87. The Hall–Kier alpha value is -1.72. The van der Waals surface area contributed by atoms with Crippen LogP contribution >= 0.6 is 0 Å². The minimum atomic E-state index is -3.61. The molecule has 0 saturated carbocycles. The first kappa shape index (κ1) is 12.4. The van der Waals surface area contributed by atoms with E-state index >= 15 is 0 Å². The van der Waals surface area contributed by atoms with Crippen LogP contribution in [-0.2, 0) is 10.0 Å². The summed E-state index contributed by atoms with van der Waals surface area (Å²) in [4.78, 5) is 3.54. The number of benzene rings is 1. The largest absolute Gasteiger partial charge is 0.255 e. The fourth-order valence-corrected chi connectivity index (χ4v) is 1.38. The number of hydrogen-bond acceptors (Lipinski definition) is 3. The van der Waals surface area contributed by atoms with Crippen molar-refractivity contribution in [2.75, 3.05) is 0 Å². The van der Waals surface area contributed by atoms with Gasteiger partial charge in [-0.15, -0.1) is 0 Å². The fourth-order valence-electron chi connectivity index (χ4n) is 0.900. The van der Waals surface area contributed by atoms with Gasteiger partial charge in [-0.05, 0) is 12.1 Å². The van der Waals surface area contributed by atoms with E-state index in [9.17, 15) is 8.42 Å². The van der Waals surface area contributed by atoms with Crippen molar-refractivity contribution in [3.05, 3.63) is 60.8 Å². The summed E-state index contributed by atoms with van der Waals surface area (Å²) in [5.41, 5.74) is 0. The van der Waals surface area contributed by atoms with E-state index in [-0.39, 0.29) is 5.03 Å².